The summed E-state index contributed by atoms with van der Waals surface area (Å²) >= 11 is 0. The van der Waals surface area contributed by atoms with Crippen LogP contribution in [0.5, 0.6) is 0 Å². The smallest absolute Gasteiger partial charge is 0.333 e. The molecule has 0 bridgehead atoms. The molecule has 0 spiro atoms. The highest BCUT2D eigenvalue weighted by Gasteiger charge is 2.07. The molecule has 0 heterocycles. The van der Waals surface area contributed by atoms with Crippen molar-refractivity contribution < 1.29 is 90.5 Å². The number of carbonyl (C=O) groups excluding carboxylic acids is 8. The Morgan fingerprint density at radius 1 is 0.175 bits per heavy atom. The fourth-order valence-corrected chi connectivity index (χ4v) is 7.20. The van der Waals surface area contributed by atoms with E-state index in [2.05, 4.69) is 87.3 Å². The zero-order valence-electron chi connectivity index (χ0n) is 68.5. The third kappa shape index (κ3) is 107. The second kappa shape index (κ2) is 91.6. The number of ether oxygens (including phenoxy) is 11. The highest BCUT2D eigenvalue weighted by molar-refractivity contribution is 5.89. The van der Waals surface area contributed by atoms with Crippen molar-refractivity contribution in [3.8, 4) is 0 Å². The Balaban J connectivity index is -0.000000168. The van der Waals surface area contributed by atoms with Gasteiger partial charge < -0.3 is 52.1 Å². The van der Waals surface area contributed by atoms with Crippen LogP contribution in [-0.4, -0.2) is 142 Å². The molecule has 0 aromatic carbocycles. The number of hydrogen-bond acceptors (Lipinski definition) is 19. The molecule has 602 valence electrons. The normalized spacial score (nSPS) is 9.67. The summed E-state index contributed by atoms with van der Waals surface area (Å²) in [7, 11) is 5.09. The van der Waals surface area contributed by atoms with E-state index in [9.17, 15) is 38.4 Å². The second-order valence-corrected chi connectivity index (χ2v) is 25.2. The Bertz CT molecular complexity index is 2160. The van der Waals surface area contributed by atoms with Gasteiger partial charge in [0.15, 0.2) is 0 Å². The number of methoxy groups -OCH3 is 3. The Morgan fingerprint density at radius 2 is 0.282 bits per heavy atom. The van der Waals surface area contributed by atoms with E-state index in [1.165, 1.54) is 83.5 Å². The molecule has 0 aromatic rings. The molecule has 0 aromatic heterocycles. The topological polar surface area (TPSA) is 238 Å². The van der Waals surface area contributed by atoms with Crippen molar-refractivity contribution in [2.45, 2.75) is 302 Å². The van der Waals surface area contributed by atoms with Gasteiger partial charge in [0.05, 0.1) is 52.9 Å². The van der Waals surface area contributed by atoms with E-state index < -0.39 is 0 Å². The molecule has 0 aliphatic heterocycles. The van der Waals surface area contributed by atoms with Crippen LogP contribution in [0, 0.1) is 0 Å². The first-order chi connectivity index (χ1) is 48.9. The van der Waals surface area contributed by atoms with Gasteiger partial charge in [-0.05, 0) is 132 Å². The predicted molar refractivity (Wildman–Crippen MR) is 423 cm³/mol. The molecule has 0 amide bonds. The second-order valence-electron chi connectivity index (χ2n) is 25.2. The summed E-state index contributed by atoms with van der Waals surface area (Å²) in [5.41, 5.74) is 3.76. The van der Waals surface area contributed by atoms with E-state index in [4.69, 9.17) is 52.1 Å². The van der Waals surface area contributed by atoms with Crippen LogP contribution in [0.15, 0.2) is 97.2 Å². The minimum absolute atomic E-state index is 0.263. The monoisotopic (exact) mass is 1470 g/mol. The van der Waals surface area contributed by atoms with Crippen LogP contribution in [0.4, 0.5) is 0 Å². The first kappa shape index (κ1) is 112. The van der Waals surface area contributed by atoms with Gasteiger partial charge in [-0.3, -0.25) is 0 Å². The zero-order valence-corrected chi connectivity index (χ0v) is 68.5. The van der Waals surface area contributed by atoms with E-state index in [1.54, 1.807) is 76.7 Å². The molecule has 0 saturated heterocycles. The molecule has 0 aliphatic rings. The average Bonchev–Trinajstić information content (AvgIpc) is 2.10. The van der Waals surface area contributed by atoms with Crippen molar-refractivity contribution in [1.29, 1.82) is 0 Å². The highest BCUT2D eigenvalue weighted by Crippen LogP contribution is 2.10. The fraction of sp³-hybridized carbons (Fsp3) is 0.714. The largest absolute Gasteiger partial charge is 0.462 e. The summed E-state index contributed by atoms with van der Waals surface area (Å²) in [5, 5.41) is 0. The van der Waals surface area contributed by atoms with Gasteiger partial charge >= 0.3 is 47.8 Å². The van der Waals surface area contributed by atoms with Gasteiger partial charge in [-0.25, -0.2) is 38.4 Å². The molecule has 19 nitrogen and oxygen atoms in total. The summed E-state index contributed by atoms with van der Waals surface area (Å²) in [6, 6.07) is 0. The predicted octanol–water partition coefficient (Wildman–Crippen LogP) is 20.8. The Morgan fingerprint density at radius 3 is 0.447 bits per heavy atom. The summed E-state index contributed by atoms with van der Waals surface area (Å²) in [6.07, 6.45) is 37.1. The van der Waals surface area contributed by atoms with Gasteiger partial charge in [0, 0.05) is 85.7 Å². The molecule has 0 N–H and O–H groups in total. The molecule has 0 rings (SSSR count). The van der Waals surface area contributed by atoms with Gasteiger partial charge in [0.1, 0.15) is 0 Å². The molecular formula is C84H152O19. The van der Waals surface area contributed by atoms with Crippen LogP contribution in [0.3, 0.4) is 0 Å². The van der Waals surface area contributed by atoms with Gasteiger partial charge in [0.2, 0.25) is 0 Å². The molecular weight excluding hydrogens is 1310 g/mol. The highest BCUT2D eigenvalue weighted by atomic mass is 16.6. The quantitative estimate of drug-likeness (QED) is 0.0238. The molecule has 19 heteroatoms. The number of hydrogen-bond donors (Lipinski definition) is 0. The number of carbonyl (C=O) groups is 8. The molecule has 0 atom stereocenters. The average molecular weight is 1470 g/mol. The lowest BCUT2D eigenvalue weighted by molar-refractivity contribution is -0.140. The maximum atomic E-state index is 11.0. The van der Waals surface area contributed by atoms with Crippen molar-refractivity contribution in [1.82, 2.24) is 0 Å². The minimum atomic E-state index is -0.313. The van der Waals surface area contributed by atoms with E-state index in [0.29, 0.717) is 104 Å². The van der Waals surface area contributed by atoms with Gasteiger partial charge in [-0.2, -0.15) is 0 Å². The van der Waals surface area contributed by atoms with Crippen LogP contribution < -0.4 is 0 Å². The molecule has 0 aliphatic carbocycles. The van der Waals surface area contributed by atoms with Crippen LogP contribution in [0.2, 0.25) is 0 Å². The summed E-state index contributed by atoms with van der Waals surface area (Å²) in [5.74, 6) is -2.24. The third-order valence-corrected chi connectivity index (χ3v) is 13.6. The Hall–Kier alpha value is -6.44. The van der Waals surface area contributed by atoms with Crippen LogP contribution >= 0.6 is 0 Å². The van der Waals surface area contributed by atoms with Crippen LogP contribution in [0.25, 0.3) is 0 Å². The maximum Gasteiger partial charge on any atom is 0.333 e. The van der Waals surface area contributed by atoms with Gasteiger partial charge in [0.25, 0.3) is 0 Å². The molecule has 0 radical (unpaired) electrons. The number of rotatable bonds is 55. The van der Waals surface area contributed by atoms with Crippen molar-refractivity contribution in [2.75, 3.05) is 94.0 Å². The van der Waals surface area contributed by atoms with E-state index in [1.807, 2.05) is 0 Å². The molecule has 103 heavy (non-hydrogen) atoms. The number of unbranched alkanes of at least 4 members (excludes halogenated alkanes) is 25. The summed E-state index contributed by atoms with van der Waals surface area (Å²) in [6.45, 7) is 58.5. The van der Waals surface area contributed by atoms with Crippen molar-refractivity contribution in [2.24, 2.45) is 0 Å². The van der Waals surface area contributed by atoms with Gasteiger partial charge in [-0.1, -0.05) is 222 Å². The minimum Gasteiger partial charge on any atom is -0.462 e. The fourth-order valence-electron chi connectivity index (χ4n) is 7.20. The SMILES string of the molecule is C=C(C)C(=O)OCCCC.C=C(C)C(=O)OCCCCC.C=C(C)C(=O)OCCCCCC.C=C(C)C(=O)OCCCCCCC.C=C(C)C(=O)OCCCCCCCCC.C=C(C)C(=O)OCCCCCCCCOC.C=C(C)C(=O)OCCCCCCOC.C=C(C)C(=O)OCCCCOC. The Labute approximate surface area is 628 Å². The lowest BCUT2D eigenvalue weighted by atomic mass is 10.1. The Kier molecular flexibility index (Phi) is 100. The lowest BCUT2D eigenvalue weighted by Gasteiger charge is -2.04. The lowest BCUT2D eigenvalue weighted by Crippen LogP contribution is -2.06. The van der Waals surface area contributed by atoms with Crippen LogP contribution in [-0.2, 0) is 90.5 Å². The van der Waals surface area contributed by atoms with Crippen molar-refractivity contribution in [3.05, 3.63) is 97.2 Å². The first-order valence-corrected chi connectivity index (χ1v) is 38.0. The van der Waals surface area contributed by atoms with E-state index in [0.717, 1.165) is 142 Å². The summed E-state index contributed by atoms with van der Waals surface area (Å²) in [4.78, 5) is 87.0. The van der Waals surface area contributed by atoms with E-state index in [-0.39, 0.29) is 47.8 Å². The van der Waals surface area contributed by atoms with Crippen molar-refractivity contribution in [3.63, 3.8) is 0 Å². The van der Waals surface area contributed by atoms with E-state index >= 15 is 0 Å². The maximum absolute atomic E-state index is 11.0. The molecule has 0 unspecified atom stereocenters. The molecule has 0 fully saturated rings. The van der Waals surface area contributed by atoms with Gasteiger partial charge in [-0.15, -0.1) is 0 Å². The summed E-state index contributed by atoms with van der Waals surface area (Å²) < 4.78 is 54.0. The van der Waals surface area contributed by atoms with Crippen LogP contribution in [0.1, 0.15) is 302 Å². The van der Waals surface area contributed by atoms with Crippen molar-refractivity contribution >= 4 is 47.8 Å². The first-order valence-electron chi connectivity index (χ1n) is 38.0. The standard InChI is InChI=1S/C13H24O3.C13H24O2.C11H20O3.C11H20O2.C10H18O2.C9H16O3.C9H16O2.C8H14O2/c1-12(2)13(14)16-11-9-7-5-4-6-8-10-15-3;1-4-5-6-7-8-9-10-11-15-13(14)12(2)3;1-10(2)11(12)14-9-7-5-4-6-8-13-3;1-4-5-6-7-8-9-13-11(12)10(2)3;1-4-5-6-7-8-12-10(11)9(2)3;1-8(2)9(10)12-7-5-4-6-11-3;1-4-5-6-7-11-9(10)8(2)3;1-4-5-6-10-8(9)7(2)3/h1,4-11H2,2-3H3;2,4-11H2,1,3H3;1,4-9H2,2-3H3;2,4-9H2,1,3H3;2,4-8H2,1,3H3;1,4-7H2,2-3H3;2,4-7H2,1,3H3;2,4-6H2,1,3H3. The molecule has 0 saturated carbocycles. The third-order valence-electron chi connectivity index (χ3n) is 13.6. The zero-order chi connectivity index (χ0) is 80.1. The number of esters is 8.